The summed E-state index contributed by atoms with van der Waals surface area (Å²) in [5.41, 5.74) is 0.0793. The highest BCUT2D eigenvalue weighted by molar-refractivity contribution is 5.87. The van der Waals surface area contributed by atoms with Crippen molar-refractivity contribution in [3.05, 3.63) is 0 Å². The molecule has 4 aliphatic rings. The van der Waals surface area contributed by atoms with Crippen LogP contribution in [-0.4, -0.2) is 5.78 Å². The number of hydrogen-bond donors (Lipinski definition) is 0. The highest BCUT2D eigenvalue weighted by atomic mass is 16.1. The van der Waals surface area contributed by atoms with Gasteiger partial charge in [0.2, 0.25) is 0 Å². The van der Waals surface area contributed by atoms with Gasteiger partial charge in [0.05, 0.1) is 0 Å². The number of ketones is 1. The molecule has 4 fully saturated rings. The van der Waals surface area contributed by atoms with Crippen LogP contribution in [0.15, 0.2) is 0 Å². The van der Waals surface area contributed by atoms with Gasteiger partial charge in [0, 0.05) is 11.8 Å². The molecule has 0 radical (unpaired) electrons. The lowest BCUT2D eigenvalue weighted by atomic mass is 9.50. The molecule has 0 N–H and O–H groups in total. The van der Waals surface area contributed by atoms with Crippen molar-refractivity contribution >= 4 is 5.78 Å². The topological polar surface area (TPSA) is 17.1 Å². The van der Waals surface area contributed by atoms with Crippen molar-refractivity contribution in [1.29, 1.82) is 0 Å². The van der Waals surface area contributed by atoms with Gasteiger partial charge in [0.1, 0.15) is 5.78 Å². The summed E-state index contributed by atoms with van der Waals surface area (Å²) in [4.78, 5) is 12.3. The van der Waals surface area contributed by atoms with Crippen LogP contribution >= 0.6 is 0 Å². The molecule has 0 aromatic heterocycles. The van der Waals surface area contributed by atoms with Gasteiger partial charge in [-0.25, -0.2) is 0 Å². The molecular weight excluding hydrogens is 268 g/mol. The second-order valence-corrected chi connectivity index (χ2v) is 8.77. The second-order valence-electron chi connectivity index (χ2n) is 8.77. The average molecular weight is 305 g/mol. The maximum Gasteiger partial charge on any atom is 0.139 e. The largest absolute Gasteiger partial charge is 0.299 e. The number of Topliss-reactive ketones (excluding diaryl/α,β-unsaturated/α-hetero) is 1. The molecule has 0 saturated heterocycles. The minimum atomic E-state index is 0.0793. The van der Waals surface area contributed by atoms with Gasteiger partial charge in [-0.15, -0.1) is 0 Å². The number of hydrogen-bond acceptors (Lipinski definition) is 1. The van der Waals surface area contributed by atoms with Crippen molar-refractivity contribution in [2.75, 3.05) is 0 Å². The molecule has 7 atom stereocenters. The zero-order valence-corrected chi connectivity index (χ0v) is 15.2. The van der Waals surface area contributed by atoms with Crippen LogP contribution in [0.3, 0.4) is 0 Å². The van der Waals surface area contributed by atoms with Crippen molar-refractivity contribution in [2.24, 2.45) is 40.9 Å². The maximum atomic E-state index is 12.3. The van der Waals surface area contributed by atoms with Crippen LogP contribution in [0, 0.1) is 40.9 Å². The first kappa shape index (κ1) is 16.5. The molecule has 0 bridgehead atoms. The van der Waals surface area contributed by atoms with Gasteiger partial charge >= 0.3 is 0 Å². The molecule has 4 aliphatic carbocycles. The molecule has 0 aromatic carbocycles. The number of carbonyl (C=O) groups is 1. The Kier molecular flexibility index (Phi) is 4.72. The minimum absolute atomic E-state index is 0.0793. The molecule has 0 amide bonds. The molecule has 22 heavy (non-hydrogen) atoms. The lowest BCUT2D eigenvalue weighted by Crippen LogP contribution is -2.48. The van der Waals surface area contributed by atoms with Gasteiger partial charge in [-0.2, -0.15) is 0 Å². The highest BCUT2D eigenvalue weighted by Crippen LogP contribution is 2.61. The van der Waals surface area contributed by atoms with Gasteiger partial charge in [0.15, 0.2) is 0 Å². The lowest BCUT2D eigenvalue weighted by molar-refractivity contribution is -0.133. The standard InChI is InChI=1S/C19H30O.C2H6/c1-12-3-5-14-13(11-12)4-6-16-15(14)9-10-19(2)17(16)7-8-18(19)20;1-2/h12-17H,3-11H2,1-2H3;1-2H3. The summed E-state index contributed by atoms with van der Waals surface area (Å²) < 4.78 is 0. The zero-order valence-electron chi connectivity index (χ0n) is 15.2. The van der Waals surface area contributed by atoms with Gasteiger partial charge in [-0.3, -0.25) is 4.79 Å². The van der Waals surface area contributed by atoms with Crippen LogP contribution in [0.4, 0.5) is 0 Å². The Balaban J connectivity index is 0.000000693. The van der Waals surface area contributed by atoms with E-state index < -0.39 is 0 Å². The smallest absolute Gasteiger partial charge is 0.139 e. The Hall–Kier alpha value is -0.330. The molecule has 1 nitrogen and oxygen atoms in total. The first-order chi connectivity index (χ1) is 10.6. The van der Waals surface area contributed by atoms with Crippen LogP contribution in [0.25, 0.3) is 0 Å². The third kappa shape index (κ3) is 2.47. The fourth-order valence-electron chi connectivity index (χ4n) is 6.86. The molecule has 0 aliphatic heterocycles. The molecule has 0 spiro atoms. The van der Waals surface area contributed by atoms with Crippen LogP contribution < -0.4 is 0 Å². The summed E-state index contributed by atoms with van der Waals surface area (Å²) in [6, 6.07) is 0. The van der Waals surface area contributed by atoms with E-state index in [4.69, 9.17) is 0 Å². The van der Waals surface area contributed by atoms with E-state index in [9.17, 15) is 4.79 Å². The second kappa shape index (κ2) is 6.29. The maximum absolute atomic E-state index is 12.3. The van der Waals surface area contributed by atoms with Crippen molar-refractivity contribution in [3.63, 3.8) is 0 Å². The van der Waals surface area contributed by atoms with E-state index in [1.54, 1.807) is 0 Å². The summed E-state index contributed by atoms with van der Waals surface area (Å²) >= 11 is 0. The van der Waals surface area contributed by atoms with Gasteiger partial charge in [-0.1, -0.05) is 34.1 Å². The van der Waals surface area contributed by atoms with Crippen molar-refractivity contribution in [3.8, 4) is 0 Å². The molecule has 0 heterocycles. The Bertz CT molecular complexity index is 414. The van der Waals surface area contributed by atoms with Crippen LogP contribution in [0.5, 0.6) is 0 Å². The summed E-state index contributed by atoms with van der Waals surface area (Å²) in [6.45, 7) is 8.76. The van der Waals surface area contributed by atoms with Crippen LogP contribution in [0.1, 0.15) is 85.5 Å². The Morgan fingerprint density at radius 1 is 0.909 bits per heavy atom. The first-order valence-electron chi connectivity index (χ1n) is 10.1. The monoisotopic (exact) mass is 304 g/mol. The average Bonchev–Trinajstić information content (AvgIpc) is 2.84. The third-order valence-corrected chi connectivity index (χ3v) is 7.93. The molecular formula is C21H36O. The van der Waals surface area contributed by atoms with Crippen molar-refractivity contribution < 1.29 is 4.79 Å². The van der Waals surface area contributed by atoms with E-state index in [-0.39, 0.29) is 5.41 Å². The molecule has 1 heteroatoms. The fraction of sp³-hybridized carbons (Fsp3) is 0.952. The number of carbonyl (C=O) groups excluding carboxylic acids is 1. The van der Waals surface area contributed by atoms with E-state index in [2.05, 4.69) is 13.8 Å². The first-order valence-corrected chi connectivity index (χ1v) is 10.1. The summed E-state index contributed by atoms with van der Waals surface area (Å²) in [5.74, 6) is 6.23. The molecule has 126 valence electrons. The van der Waals surface area contributed by atoms with E-state index in [1.165, 1.54) is 51.4 Å². The van der Waals surface area contributed by atoms with Crippen molar-refractivity contribution in [2.45, 2.75) is 85.5 Å². The Labute approximate surface area is 137 Å². The van der Waals surface area contributed by atoms with Crippen LogP contribution in [-0.2, 0) is 4.79 Å². The quantitative estimate of drug-likeness (QED) is 0.547. The van der Waals surface area contributed by atoms with E-state index in [0.29, 0.717) is 5.78 Å². The summed E-state index contributed by atoms with van der Waals surface area (Å²) in [7, 11) is 0. The highest BCUT2D eigenvalue weighted by Gasteiger charge is 2.56. The third-order valence-electron chi connectivity index (χ3n) is 7.93. The zero-order chi connectivity index (χ0) is 15.9. The molecule has 4 rings (SSSR count). The van der Waals surface area contributed by atoms with Gasteiger partial charge < -0.3 is 0 Å². The Morgan fingerprint density at radius 2 is 1.64 bits per heavy atom. The summed E-state index contributed by atoms with van der Waals surface area (Å²) in [5, 5.41) is 0. The SMILES string of the molecule is CC.CC1CCC2C(CCC3C2CCC2(C)C(=O)CCC32)C1. The normalized spacial score (nSPS) is 50.3. The van der Waals surface area contributed by atoms with E-state index >= 15 is 0 Å². The van der Waals surface area contributed by atoms with Gasteiger partial charge in [-0.05, 0) is 80.5 Å². The van der Waals surface area contributed by atoms with Gasteiger partial charge in [0.25, 0.3) is 0 Å². The Morgan fingerprint density at radius 3 is 2.41 bits per heavy atom. The van der Waals surface area contributed by atoms with E-state index in [1.807, 2.05) is 13.8 Å². The van der Waals surface area contributed by atoms with Crippen LogP contribution in [0.2, 0.25) is 0 Å². The van der Waals surface area contributed by atoms with Crippen molar-refractivity contribution in [1.82, 2.24) is 0 Å². The number of fused-ring (bicyclic) bond motifs is 5. The summed E-state index contributed by atoms with van der Waals surface area (Å²) in [6.07, 6.45) is 12.0. The predicted molar refractivity (Wildman–Crippen MR) is 92.6 cm³/mol. The molecule has 7 unspecified atom stereocenters. The predicted octanol–water partition coefficient (Wildman–Crippen LogP) is 5.87. The lowest BCUT2D eigenvalue weighted by Gasteiger charge is -2.54. The fourth-order valence-corrected chi connectivity index (χ4v) is 6.86. The van der Waals surface area contributed by atoms with E-state index in [0.717, 1.165) is 41.9 Å². The molecule has 0 aromatic rings. The molecule has 4 saturated carbocycles. The minimum Gasteiger partial charge on any atom is -0.299 e. The number of rotatable bonds is 0.